The van der Waals surface area contributed by atoms with Gasteiger partial charge in [0.2, 0.25) is 0 Å². The zero-order valence-corrected chi connectivity index (χ0v) is 19.3. The number of ether oxygens (including phenoxy) is 2. The van der Waals surface area contributed by atoms with Gasteiger partial charge in [-0.25, -0.2) is 5.43 Å². The van der Waals surface area contributed by atoms with Gasteiger partial charge < -0.3 is 14.8 Å². The molecule has 0 heterocycles. The zero-order chi connectivity index (χ0) is 23.7. The maximum atomic E-state index is 12.6. The van der Waals surface area contributed by atoms with Gasteiger partial charge in [-0.2, -0.15) is 5.10 Å². The van der Waals surface area contributed by atoms with Crippen LogP contribution in [0.2, 0.25) is 10.0 Å². The third-order valence-electron chi connectivity index (χ3n) is 4.26. The van der Waals surface area contributed by atoms with E-state index in [9.17, 15) is 9.59 Å². The van der Waals surface area contributed by atoms with Gasteiger partial charge in [0.1, 0.15) is 12.6 Å². The Hall–Kier alpha value is -3.21. The van der Waals surface area contributed by atoms with Gasteiger partial charge in [0.15, 0.2) is 11.5 Å². The standard InChI is InChI=1S/C23H23Cl2N3O4/c1-5-9-32-21-18(25)10-15(11-19(21)31-4)13-26-28-23(30)20(14(2)3)27-22(29)16-7-6-8-17(24)12-16/h1,6-8,10-14,20H,9H2,2-4H3,(H,27,29)(H,28,30)/b26-13+. The van der Waals surface area contributed by atoms with Crippen molar-refractivity contribution in [2.75, 3.05) is 13.7 Å². The largest absolute Gasteiger partial charge is 0.493 e. The molecule has 0 bridgehead atoms. The van der Waals surface area contributed by atoms with E-state index in [2.05, 4.69) is 21.8 Å². The zero-order valence-electron chi connectivity index (χ0n) is 17.8. The molecule has 0 aliphatic carbocycles. The van der Waals surface area contributed by atoms with E-state index in [-0.39, 0.29) is 17.5 Å². The molecule has 0 saturated heterocycles. The van der Waals surface area contributed by atoms with Crippen molar-refractivity contribution in [1.29, 1.82) is 0 Å². The van der Waals surface area contributed by atoms with E-state index in [4.69, 9.17) is 39.1 Å². The lowest BCUT2D eigenvalue weighted by Crippen LogP contribution is -2.48. The Morgan fingerprint density at radius 2 is 2.00 bits per heavy atom. The number of hydrogen-bond donors (Lipinski definition) is 2. The van der Waals surface area contributed by atoms with Crippen molar-refractivity contribution in [3.63, 3.8) is 0 Å². The molecule has 0 saturated carbocycles. The summed E-state index contributed by atoms with van der Waals surface area (Å²) in [7, 11) is 1.47. The molecule has 2 rings (SSSR count). The molecule has 7 nitrogen and oxygen atoms in total. The topological polar surface area (TPSA) is 89.0 Å². The molecule has 1 unspecified atom stereocenters. The van der Waals surface area contributed by atoms with Crippen molar-refractivity contribution in [3.8, 4) is 23.8 Å². The van der Waals surface area contributed by atoms with Crippen LogP contribution in [0.1, 0.15) is 29.8 Å². The van der Waals surface area contributed by atoms with E-state index in [1.54, 1.807) is 30.3 Å². The summed E-state index contributed by atoms with van der Waals surface area (Å²) in [5.41, 5.74) is 3.35. The average Bonchev–Trinajstić information content (AvgIpc) is 2.75. The summed E-state index contributed by atoms with van der Waals surface area (Å²) in [6.45, 7) is 3.66. The van der Waals surface area contributed by atoms with E-state index in [1.165, 1.54) is 19.4 Å². The second kappa shape index (κ2) is 12.0. The Morgan fingerprint density at radius 3 is 2.62 bits per heavy atom. The highest BCUT2D eigenvalue weighted by atomic mass is 35.5. The number of nitrogens with zero attached hydrogens (tertiary/aromatic N) is 1. The van der Waals surface area contributed by atoms with Gasteiger partial charge in [0.05, 0.1) is 18.3 Å². The van der Waals surface area contributed by atoms with E-state index in [1.807, 2.05) is 13.8 Å². The van der Waals surface area contributed by atoms with Crippen LogP contribution in [0.15, 0.2) is 41.5 Å². The van der Waals surface area contributed by atoms with Crippen LogP contribution in [0.4, 0.5) is 0 Å². The molecule has 0 aliphatic heterocycles. The Morgan fingerprint density at radius 1 is 1.25 bits per heavy atom. The molecule has 2 aromatic rings. The molecule has 0 radical (unpaired) electrons. The third-order valence-corrected chi connectivity index (χ3v) is 4.78. The first-order chi connectivity index (χ1) is 15.3. The van der Waals surface area contributed by atoms with Gasteiger partial charge in [-0.1, -0.05) is 49.0 Å². The highest BCUT2D eigenvalue weighted by Gasteiger charge is 2.24. The van der Waals surface area contributed by atoms with Gasteiger partial charge in [0, 0.05) is 10.6 Å². The lowest BCUT2D eigenvalue weighted by atomic mass is 10.0. The number of methoxy groups -OCH3 is 1. The predicted molar refractivity (Wildman–Crippen MR) is 126 cm³/mol. The molecule has 9 heteroatoms. The van der Waals surface area contributed by atoms with Crippen molar-refractivity contribution in [3.05, 3.63) is 57.6 Å². The number of carbonyl (C=O) groups excluding carboxylic acids is 2. The van der Waals surface area contributed by atoms with Crippen molar-refractivity contribution in [1.82, 2.24) is 10.7 Å². The Labute approximate surface area is 197 Å². The quantitative estimate of drug-likeness (QED) is 0.326. The van der Waals surface area contributed by atoms with Crippen molar-refractivity contribution in [2.24, 2.45) is 11.0 Å². The summed E-state index contributed by atoms with van der Waals surface area (Å²) in [6, 6.07) is 8.88. The average molecular weight is 476 g/mol. The number of terminal acetylenes is 1. The van der Waals surface area contributed by atoms with Crippen molar-refractivity contribution in [2.45, 2.75) is 19.9 Å². The van der Waals surface area contributed by atoms with Crippen LogP contribution in [0, 0.1) is 18.3 Å². The first-order valence-corrected chi connectivity index (χ1v) is 10.4. The molecule has 1 atom stereocenters. The van der Waals surface area contributed by atoms with E-state index < -0.39 is 17.9 Å². The first-order valence-electron chi connectivity index (χ1n) is 9.60. The second-order valence-electron chi connectivity index (χ2n) is 6.97. The molecule has 0 aliphatic rings. The van der Waals surface area contributed by atoms with Gasteiger partial charge in [-0.15, -0.1) is 6.42 Å². The van der Waals surface area contributed by atoms with Gasteiger partial charge in [0.25, 0.3) is 11.8 Å². The Bertz CT molecular complexity index is 1050. The summed E-state index contributed by atoms with van der Waals surface area (Å²) >= 11 is 12.2. The molecule has 2 N–H and O–H groups in total. The van der Waals surface area contributed by atoms with Crippen molar-refractivity contribution < 1.29 is 19.1 Å². The Kier molecular flexibility index (Phi) is 9.39. The highest BCUT2D eigenvalue weighted by Crippen LogP contribution is 2.35. The molecular formula is C23H23Cl2N3O4. The molecule has 0 spiro atoms. The molecular weight excluding hydrogens is 453 g/mol. The lowest BCUT2D eigenvalue weighted by Gasteiger charge is -2.20. The van der Waals surface area contributed by atoms with Crippen LogP contribution in [0.3, 0.4) is 0 Å². The van der Waals surface area contributed by atoms with E-state index in [0.717, 1.165) is 0 Å². The summed E-state index contributed by atoms with van der Waals surface area (Å²) in [5.74, 6) is 1.97. The summed E-state index contributed by atoms with van der Waals surface area (Å²) in [4.78, 5) is 25.1. The first kappa shape index (κ1) is 25.1. The SMILES string of the molecule is C#CCOc1c(Cl)cc(/C=N/NC(=O)C(NC(=O)c2cccc(Cl)c2)C(C)C)cc1OC. The van der Waals surface area contributed by atoms with Gasteiger partial charge in [-0.3, -0.25) is 9.59 Å². The number of benzene rings is 2. The number of halogens is 2. The minimum Gasteiger partial charge on any atom is -0.493 e. The summed E-state index contributed by atoms with van der Waals surface area (Å²) in [5, 5.41) is 7.38. The number of nitrogens with one attached hydrogen (secondary N) is 2. The van der Waals surface area contributed by atoms with Crippen molar-refractivity contribution >= 4 is 41.2 Å². The van der Waals surface area contributed by atoms with Gasteiger partial charge in [-0.05, 0) is 41.8 Å². The normalized spacial score (nSPS) is 11.7. The molecule has 2 amide bonds. The van der Waals surface area contributed by atoms with Gasteiger partial charge >= 0.3 is 0 Å². The van der Waals surface area contributed by atoms with Crippen LogP contribution < -0.4 is 20.2 Å². The maximum absolute atomic E-state index is 12.6. The Balaban J connectivity index is 2.09. The number of carbonyl (C=O) groups is 2. The number of hydrogen-bond acceptors (Lipinski definition) is 5. The minimum absolute atomic E-state index is 0.0388. The third kappa shape index (κ3) is 6.91. The van der Waals surface area contributed by atoms with Crippen LogP contribution in [0.5, 0.6) is 11.5 Å². The molecule has 0 aromatic heterocycles. The predicted octanol–water partition coefficient (Wildman–Crippen LogP) is 3.92. The van der Waals surface area contributed by atoms with Crippen LogP contribution in [0.25, 0.3) is 0 Å². The summed E-state index contributed by atoms with van der Waals surface area (Å²) in [6.07, 6.45) is 6.60. The minimum atomic E-state index is -0.809. The number of amides is 2. The molecule has 168 valence electrons. The van der Waals surface area contributed by atoms with E-state index >= 15 is 0 Å². The van der Waals surface area contributed by atoms with E-state index in [0.29, 0.717) is 27.6 Å². The van der Waals surface area contributed by atoms with Crippen LogP contribution >= 0.6 is 23.2 Å². The van der Waals surface area contributed by atoms with Crippen LogP contribution in [-0.2, 0) is 4.79 Å². The number of hydrazone groups is 1. The smallest absolute Gasteiger partial charge is 0.262 e. The molecule has 2 aromatic carbocycles. The summed E-state index contributed by atoms with van der Waals surface area (Å²) < 4.78 is 10.7. The fourth-order valence-corrected chi connectivity index (χ4v) is 3.16. The lowest BCUT2D eigenvalue weighted by molar-refractivity contribution is -0.123. The monoisotopic (exact) mass is 475 g/mol. The molecule has 0 fully saturated rings. The number of rotatable bonds is 9. The fraction of sp³-hybridized carbons (Fsp3) is 0.261. The maximum Gasteiger partial charge on any atom is 0.262 e. The second-order valence-corrected chi connectivity index (χ2v) is 7.81. The fourth-order valence-electron chi connectivity index (χ4n) is 2.70. The molecule has 32 heavy (non-hydrogen) atoms. The highest BCUT2D eigenvalue weighted by molar-refractivity contribution is 6.32. The van der Waals surface area contributed by atoms with Crippen LogP contribution in [-0.4, -0.2) is 37.8 Å².